The van der Waals surface area contributed by atoms with Crippen molar-refractivity contribution in [2.75, 3.05) is 0 Å². The zero-order valence-corrected chi connectivity index (χ0v) is 15.4. The summed E-state index contributed by atoms with van der Waals surface area (Å²) in [4.78, 5) is 13.1. The molecule has 0 aliphatic heterocycles. The molecule has 0 aliphatic carbocycles. The number of carbonyl (C=O) groups is 1. The number of hydrogen-bond donors (Lipinski definition) is 0. The van der Waals surface area contributed by atoms with Crippen LogP contribution in [0.5, 0.6) is 0 Å². The van der Waals surface area contributed by atoms with Gasteiger partial charge in [-0.05, 0) is 12.0 Å². The standard InChI is InChI=1S/C24H22N2O/c1-2-12-22(19-13-6-3-7-14-19)25-26-23(20-15-8-4-9-16-20)24(27)21-17-10-5-11-18-21/h3-11,13-18H,2,12H2,1H3/b25-22-,26-23-. The molecule has 3 rings (SSSR count). The van der Waals surface area contributed by atoms with Gasteiger partial charge in [-0.2, -0.15) is 5.10 Å². The molecule has 3 aromatic carbocycles. The Bertz CT molecular complexity index is 930. The number of benzene rings is 3. The minimum Gasteiger partial charge on any atom is -0.287 e. The summed E-state index contributed by atoms with van der Waals surface area (Å²) in [5.41, 5.74) is 3.63. The third-order valence-corrected chi connectivity index (χ3v) is 4.16. The van der Waals surface area contributed by atoms with Crippen LogP contribution in [0.1, 0.15) is 41.3 Å². The zero-order valence-electron chi connectivity index (χ0n) is 15.4. The smallest absolute Gasteiger partial charge is 0.213 e. The number of hydrogen-bond acceptors (Lipinski definition) is 3. The first-order chi connectivity index (χ1) is 13.3. The highest BCUT2D eigenvalue weighted by atomic mass is 16.1. The maximum absolute atomic E-state index is 13.1. The first-order valence-electron chi connectivity index (χ1n) is 9.14. The first-order valence-corrected chi connectivity index (χ1v) is 9.14. The second kappa shape index (κ2) is 9.39. The number of nitrogens with zero attached hydrogens (tertiary/aromatic N) is 2. The van der Waals surface area contributed by atoms with Crippen molar-refractivity contribution in [3.8, 4) is 0 Å². The van der Waals surface area contributed by atoms with Crippen LogP contribution in [-0.4, -0.2) is 17.2 Å². The molecule has 27 heavy (non-hydrogen) atoms. The third-order valence-electron chi connectivity index (χ3n) is 4.16. The van der Waals surface area contributed by atoms with Crippen LogP contribution in [0, 0.1) is 0 Å². The molecule has 0 amide bonds. The molecule has 0 unspecified atom stereocenters. The van der Waals surface area contributed by atoms with Crippen molar-refractivity contribution in [3.05, 3.63) is 108 Å². The molecule has 0 heterocycles. The second-order valence-electron chi connectivity index (χ2n) is 6.17. The summed E-state index contributed by atoms with van der Waals surface area (Å²) >= 11 is 0. The summed E-state index contributed by atoms with van der Waals surface area (Å²) < 4.78 is 0. The van der Waals surface area contributed by atoms with Crippen molar-refractivity contribution in [1.82, 2.24) is 0 Å². The lowest BCUT2D eigenvalue weighted by atomic mass is 10.0. The topological polar surface area (TPSA) is 41.8 Å². The summed E-state index contributed by atoms with van der Waals surface area (Å²) in [7, 11) is 0. The predicted molar refractivity (Wildman–Crippen MR) is 112 cm³/mol. The van der Waals surface area contributed by atoms with E-state index in [1.54, 1.807) is 12.1 Å². The molecule has 0 aromatic heterocycles. The van der Waals surface area contributed by atoms with Crippen LogP contribution in [0.25, 0.3) is 0 Å². The highest BCUT2D eigenvalue weighted by Gasteiger charge is 2.16. The van der Waals surface area contributed by atoms with E-state index in [0.29, 0.717) is 11.3 Å². The minimum absolute atomic E-state index is 0.130. The molecule has 0 spiro atoms. The van der Waals surface area contributed by atoms with Crippen molar-refractivity contribution in [2.45, 2.75) is 19.8 Å². The number of ketones is 1. The molecule has 0 saturated heterocycles. The maximum Gasteiger partial charge on any atom is 0.213 e. The van der Waals surface area contributed by atoms with Crippen LogP contribution in [0.15, 0.2) is 101 Å². The quantitative estimate of drug-likeness (QED) is 0.311. The van der Waals surface area contributed by atoms with E-state index in [9.17, 15) is 4.79 Å². The second-order valence-corrected chi connectivity index (χ2v) is 6.17. The number of rotatable bonds is 7. The molecular formula is C24H22N2O. The minimum atomic E-state index is -0.130. The molecule has 0 fully saturated rings. The molecule has 3 aromatic rings. The first kappa shape index (κ1) is 18.5. The molecule has 0 bridgehead atoms. The van der Waals surface area contributed by atoms with Gasteiger partial charge in [0.05, 0.1) is 5.71 Å². The zero-order chi connectivity index (χ0) is 18.9. The third kappa shape index (κ3) is 4.85. The monoisotopic (exact) mass is 354 g/mol. The van der Waals surface area contributed by atoms with Gasteiger partial charge in [0.25, 0.3) is 0 Å². The van der Waals surface area contributed by atoms with Gasteiger partial charge in [0.15, 0.2) is 0 Å². The summed E-state index contributed by atoms with van der Waals surface area (Å²) in [5, 5.41) is 8.91. The summed E-state index contributed by atoms with van der Waals surface area (Å²) in [5.74, 6) is -0.130. The van der Waals surface area contributed by atoms with Crippen LogP contribution in [0.2, 0.25) is 0 Å². The van der Waals surface area contributed by atoms with E-state index in [1.165, 1.54) is 0 Å². The van der Waals surface area contributed by atoms with Crippen molar-refractivity contribution >= 4 is 17.2 Å². The van der Waals surface area contributed by atoms with Crippen LogP contribution < -0.4 is 0 Å². The lowest BCUT2D eigenvalue weighted by molar-refractivity contribution is 0.106. The van der Waals surface area contributed by atoms with E-state index in [4.69, 9.17) is 0 Å². The molecular weight excluding hydrogens is 332 g/mol. The fraction of sp³-hybridized carbons (Fsp3) is 0.125. The van der Waals surface area contributed by atoms with Gasteiger partial charge in [-0.3, -0.25) is 4.79 Å². The molecule has 0 aliphatic rings. The molecule has 0 saturated carbocycles. The van der Waals surface area contributed by atoms with E-state index in [0.717, 1.165) is 29.7 Å². The number of Topliss-reactive ketones (excluding diaryl/α,β-unsaturated/α-hetero) is 1. The Labute approximate surface area is 160 Å². The summed E-state index contributed by atoms with van der Waals surface area (Å²) in [6.07, 6.45) is 1.76. The van der Waals surface area contributed by atoms with Gasteiger partial charge in [0.2, 0.25) is 5.78 Å². The maximum atomic E-state index is 13.1. The van der Waals surface area contributed by atoms with Crippen LogP contribution in [-0.2, 0) is 0 Å². The Hall–Kier alpha value is -3.33. The Morgan fingerprint density at radius 2 is 1.15 bits per heavy atom. The van der Waals surface area contributed by atoms with Crippen LogP contribution in [0.4, 0.5) is 0 Å². The van der Waals surface area contributed by atoms with Gasteiger partial charge in [-0.15, -0.1) is 5.10 Å². The molecule has 0 N–H and O–H groups in total. The van der Waals surface area contributed by atoms with Crippen LogP contribution in [0.3, 0.4) is 0 Å². The van der Waals surface area contributed by atoms with Crippen molar-refractivity contribution in [1.29, 1.82) is 0 Å². The lowest BCUT2D eigenvalue weighted by Gasteiger charge is -2.07. The molecule has 134 valence electrons. The van der Waals surface area contributed by atoms with E-state index in [2.05, 4.69) is 17.1 Å². The van der Waals surface area contributed by atoms with E-state index < -0.39 is 0 Å². The van der Waals surface area contributed by atoms with Gasteiger partial charge < -0.3 is 0 Å². The van der Waals surface area contributed by atoms with Gasteiger partial charge in [0.1, 0.15) is 5.71 Å². The van der Waals surface area contributed by atoms with Crippen LogP contribution >= 0.6 is 0 Å². The highest BCUT2D eigenvalue weighted by Crippen LogP contribution is 2.12. The van der Waals surface area contributed by atoms with Crippen molar-refractivity contribution in [2.24, 2.45) is 10.2 Å². The van der Waals surface area contributed by atoms with Gasteiger partial charge in [-0.1, -0.05) is 104 Å². The Morgan fingerprint density at radius 1 is 0.667 bits per heavy atom. The number of carbonyl (C=O) groups excluding carboxylic acids is 1. The predicted octanol–water partition coefficient (Wildman–Crippen LogP) is 5.56. The van der Waals surface area contributed by atoms with Gasteiger partial charge in [0, 0.05) is 11.1 Å². The Balaban J connectivity index is 2.05. The molecule has 0 atom stereocenters. The average Bonchev–Trinajstić information content (AvgIpc) is 2.75. The van der Waals surface area contributed by atoms with E-state index >= 15 is 0 Å². The van der Waals surface area contributed by atoms with Gasteiger partial charge in [-0.25, -0.2) is 0 Å². The van der Waals surface area contributed by atoms with Crippen molar-refractivity contribution in [3.63, 3.8) is 0 Å². The average molecular weight is 354 g/mol. The highest BCUT2D eigenvalue weighted by molar-refractivity contribution is 6.51. The Kier molecular flexibility index (Phi) is 6.42. The Morgan fingerprint density at radius 3 is 1.67 bits per heavy atom. The van der Waals surface area contributed by atoms with Gasteiger partial charge >= 0.3 is 0 Å². The lowest BCUT2D eigenvalue weighted by Crippen LogP contribution is -2.16. The van der Waals surface area contributed by atoms with E-state index in [1.807, 2.05) is 78.9 Å². The summed E-state index contributed by atoms with van der Waals surface area (Å²) in [6.45, 7) is 2.11. The fourth-order valence-electron chi connectivity index (χ4n) is 2.79. The molecule has 3 nitrogen and oxygen atoms in total. The van der Waals surface area contributed by atoms with Crippen molar-refractivity contribution < 1.29 is 4.79 Å². The SMILES string of the molecule is CCC/C(=N/N=C(\C(=O)c1ccccc1)c1ccccc1)c1ccccc1. The molecule has 3 heteroatoms. The normalized spacial score (nSPS) is 12.0. The fourth-order valence-corrected chi connectivity index (χ4v) is 2.79. The van der Waals surface area contributed by atoms with E-state index in [-0.39, 0.29) is 5.78 Å². The molecule has 0 radical (unpaired) electrons. The largest absolute Gasteiger partial charge is 0.287 e. The summed E-state index contributed by atoms with van der Waals surface area (Å²) in [6, 6.07) is 28.7.